The summed E-state index contributed by atoms with van der Waals surface area (Å²) in [4.78, 5) is 26.5. The maximum absolute atomic E-state index is 13.7. The van der Waals surface area contributed by atoms with E-state index in [1.54, 1.807) is 43.8 Å². The summed E-state index contributed by atoms with van der Waals surface area (Å²) in [6.45, 7) is 0.528. The predicted octanol–water partition coefficient (Wildman–Crippen LogP) is 4.98. The Labute approximate surface area is 230 Å². The molecule has 4 rings (SSSR count). The van der Waals surface area contributed by atoms with Gasteiger partial charge in [-0.25, -0.2) is 4.98 Å². The van der Waals surface area contributed by atoms with E-state index in [0.29, 0.717) is 40.1 Å². The summed E-state index contributed by atoms with van der Waals surface area (Å²) in [7, 11) is 6.01. The Morgan fingerprint density at radius 1 is 0.897 bits per heavy atom. The van der Waals surface area contributed by atoms with Crippen molar-refractivity contribution in [1.29, 1.82) is 0 Å². The topological polar surface area (TPSA) is 114 Å². The van der Waals surface area contributed by atoms with E-state index in [0.717, 1.165) is 11.1 Å². The fourth-order valence-corrected chi connectivity index (χ4v) is 4.02. The van der Waals surface area contributed by atoms with E-state index in [2.05, 4.69) is 20.3 Å². The monoisotopic (exact) mass is 550 g/mol. The van der Waals surface area contributed by atoms with Crippen LogP contribution in [-0.2, 0) is 13.2 Å². The van der Waals surface area contributed by atoms with Gasteiger partial charge in [0.25, 0.3) is 0 Å². The normalized spacial score (nSPS) is 10.5. The molecular weight excluding hydrogens is 524 g/mol. The number of methoxy groups -OCH3 is 4. The second kappa shape index (κ2) is 12.8. The van der Waals surface area contributed by atoms with E-state index in [4.69, 9.17) is 35.3 Å². The smallest absolute Gasteiger partial charge is 0.318 e. The predicted molar refractivity (Wildman–Crippen MR) is 145 cm³/mol. The lowest BCUT2D eigenvalue weighted by Gasteiger charge is -2.15. The minimum atomic E-state index is -0.358. The first-order chi connectivity index (χ1) is 19.0. The standard InChI is InChI=1S/C28H27ClN4O6/c1-35-22-8-7-17(10-21(22)29)14-31-27-20(15-32-28(33-27)39-16-18-6-5-9-30-13-18)25(34)19-11-23(36-2)26(38-4)24(12-19)37-3/h5-13,15H,14,16H2,1-4H3,(H,31,32,33). The zero-order valence-corrected chi connectivity index (χ0v) is 22.6. The van der Waals surface area contributed by atoms with Crippen LogP contribution in [0.2, 0.25) is 5.02 Å². The van der Waals surface area contributed by atoms with E-state index in [1.807, 2.05) is 18.2 Å². The first kappa shape index (κ1) is 27.5. The fourth-order valence-electron chi connectivity index (χ4n) is 3.74. The molecule has 0 bridgehead atoms. The highest BCUT2D eigenvalue weighted by Gasteiger charge is 2.22. The summed E-state index contributed by atoms with van der Waals surface area (Å²) >= 11 is 6.29. The maximum atomic E-state index is 13.7. The van der Waals surface area contributed by atoms with Gasteiger partial charge in [-0.15, -0.1) is 0 Å². The molecule has 0 aliphatic rings. The van der Waals surface area contributed by atoms with Crippen LogP contribution in [0.25, 0.3) is 0 Å². The molecule has 39 heavy (non-hydrogen) atoms. The Morgan fingerprint density at radius 3 is 2.26 bits per heavy atom. The van der Waals surface area contributed by atoms with E-state index < -0.39 is 0 Å². The lowest BCUT2D eigenvalue weighted by Crippen LogP contribution is -2.12. The van der Waals surface area contributed by atoms with Crippen LogP contribution in [-0.4, -0.2) is 49.2 Å². The number of pyridine rings is 1. The molecule has 4 aromatic rings. The van der Waals surface area contributed by atoms with Gasteiger partial charge in [0, 0.05) is 36.3 Å². The van der Waals surface area contributed by atoms with Crippen molar-refractivity contribution in [2.24, 2.45) is 0 Å². The van der Waals surface area contributed by atoms with Crippen LogP contribution in [0.4, 0.5) is 5.82 Å². The zero-order chi connectivity index (χ0) is 27.8. The Hall–Kier alpha value is -4.57. The minimum Gasteiger partial charge on any atom is -0.495 e. The van der Waals surface area contributed by atoms with Gasteiger partial charge >= 0.3 is 6.01 Å². The number of ketones is 1. The molecule has 0 radical (unpaired) electrons. The molecule has 2 heterocycles. The number of nitrogens with one attached hydrogen (secondary N) is 1. The van der Waals surface area contributed by atoms with Crippen molar-refractivity contribution in [1.82, 2.24) is 15.0 Å². The number of halogens is 1. The molecule has 0 aliphatic heterocycles. The quantitative estimate of drug-likeness (QED) is 0.242. The van der Waals surface area contributed by atoms with Gasteiger partial charge in [0.15, 0.2) is 17.3 Å². The molecule has 0 unspecified atom stereocenters. The van der Waals surface area contributed by atoms with Gasteiger partial charge in [-0.1, -0.05) is 23.7 Å². The first-order valence-electron chi connectivity index (χ1n) is 11.8. The summed E-state index contributed by atoms with van der Waals surface area (Å²) in [5, 5.41) is 3.68. The summed E-state index contributed by atoms with van der Waals surface area (Å²) in [5.74, 6) is 1.55. The number of rotatable bonds is 12. The Morgan fingerprint density at radius 2 is 1.64 bits per heavy atom. The van der Waals surface area contributed by atoms with Crippen LogP contribution >= 0.6 is 11.6 Å². The molecule has 0 spiro atoms. The third kappa shape index (κ3) is 6.47. The average Bonchev–Trinajstić information content (AvgIpc) is 2.98. The summed E-state index contributed by atoms with van der Waals surface area (Å²) in [6.07, 6.45) is 4.78. The van der Waals surface area contributed by atoms with Crippen molar-refractivity contribution in [2.75, 3.05) is 33.8 Å². The van der Waals surface area contributed by atoms with Gasteiger partial charge in [0.1, 0.15) is 18.2 Å². The number of benzene rings is 2. The molecule has 0 aliphatic carbocycles. The molecular formula is C28H27ClN4O6. The summed E-state index contributed by atoms with van der Waals surface area (Å²) < 4.78 is 27.2. The molecule has 0 saturated heterocycles. The van der Waals surface area contributed by atoms with Crippen LogP contribution in [0.1, 0.15) is 27.0 Å². The van der Waals surface area contributed by atoms with Gasteiger partial charge in [-0.3, -0.25) is 9.78 Å². The second-order valence-electron chi connectivity index (χ2n) is 8.13. The highest BCUT2D eigenvalue weighted by Crippen LogP contribution is 2.39. The van der Waals surface area contributed by atoms with Crippen molar-refractivity contribution < 1.29 is 28.5 Å². The third-order valence-corrected chi connectivity index (χ3v) is 6.00. The van der Waals surface area contributed by atoms with Gasteiger partial charge < -0.3 is 29.0 Å². The van der Waals surface area contributed by atoms with E-state index >= 15 is 0 Å². The molecule has 1 N–H and O–H groups in total. The number of carbonyl (C=O) groups excluding carboxylic acids is 1. The van der Waals surface area contributed by atoms with Crippen molar-refractivity contribution in [3.63, 3.8) is 0 Å². The largest absolute Gasteiger partial charge is 0.495 e. The molecule has 2 aromatic carbocycles. The van der Waals surface area contributed by atoms with Crippen molar-refractivity contribution in [2.45, 2.75) is 13.2 Å². The first-order valence-corrected chi connectivity index (χ1v) is 12.1. The van der Waals surface area contributed by atoms with Crippen LogP contribution in [0, 0.1) is 0 Å². The highest BCUT2D eigenvalue weighted by atomic mass is 35.5. The highest BCUT2D eigenvalue weighted by molar-refractivity contribution is 6.32. The van der Waals surface area contributed by atoms with Crippen molar-refractivity contribution in [3.8, 4) is 29.0 Å². The molecule has 0 amide bonds. The lowest BCUT2D eigenvalue weighted by atomic mass is 10.0. The minimum absolute atomic E-state index is 0.0931. The average molecular weight is 551 g/mol. The van der Waals surface area contributed by atoms with Crippen LogP contribution in [0.3, 0.4) is 0 Å². The van der Waals surface area contributed by atoms with Gasteiger partial charge in [0.05, 0.1) is 39.0 Å². The molecule has 0 atom stereocenters. The molecule has 11 heteroatoms. The molecule has 10 nitrogen and oxygen atoms in total. The van der Waals surface area contributed by atoms with Crippen molar-refractivity contribution in [3.05, 3.63) is 88.3 Å². The number of aromatic nitrogens is 3. The SMILES string of the molecule is COc1ccc(CNc2nc(OCc3cccnc3)ncc2C(=O)c2cc(OC)c(OC)c(OC)c2)cc1Cl. The van der Waals surface area contributed by atoms with Crippen LogP contribution < -0.4 is 29.0 Å². The zero-order valence-electron chi connectivity index (χ0n) is 21.9. The Bertz CT molecular complexity index is 1430. The molecule has 2 aromatic heterocycles. The third-order valence-electron chi connectivity index (χ3n) is 5.71. The Balaban J connectivity index is 1.67. The number of hydrogen-bond donors (Lipinski definition) is 1. The van der Waals surface area contributed by atoms with E-state index in [1.165, 1.54) is 27.5 Å². The number of nitrogens with zero attached hydrogens (tertiary/aromatic N) is 3. The number of hydrogen-bond acceptors (Lipinski definition) is 10. The Kier molecular flexibility index (Phi) is 9.01. The summed E-state index contributed by atoms with van der Waals surface area (Å²) in [6, 6.07) is 12.3. The molecule has 0 fully saturated rings. The lowest BCUT2D eigenvalue weighted by molar-refractivity contribution is 0.103. The summed E-state index contributed by atoms with van der Waals surface area (Å²) in [5.41, 5.74) is 2.22. The number of anilines is 1. The van der Waals surface area contributed by atoms with Crippen LogP contribution in [0.5, 0.6) is 29.0 Å². The van der Waals surface area contributed by atoms with Crippen LogP contribution in [0.15, 0.2) is 61.1 Å². The van der Waals surface area contributed by atoms with Gasteiger partial charge in [-0.05, 0) is 35.9 Å². The number of carbonyl (C=O) groups is 1. The number of ether oxygens (including phenoxy) is 5. The fraction of sp³-hybridized carbons (Fsp3) is 0.214. The molecule has 0 saturated carbocycles. The van der Waals surface area contributed by atoms with Gasteiger partial charge in [-0.2, -0.15) is 4.98 Å². The maximum Gasteiger partial charge on any atom is 0.318 e. The second-order valence-corrected chi connectivity index (χ2v) is 8.54. The van der Waals surface area contributed by atoms with Gasteiger partial charge in [0.2, 0.25) is 5.75 Å². The van der Waals surface area contributed by atoms with E-state index in [9.17, 15) is 4.79 Å². The van der Waals surface area contributed by atoms with E-state index in [-0.39, 0.29) is 29.8 Å². The van der Waals surface area contributed by atoms with Crippen molar-refractivity contribution >= 4 is 23.2 Å². The molecule has 202 valence electrons.